The maximum absolute atomic E-state index is 13.6. The molecule has 1 aliphatic heterocycles. The molecule has 1 saturated heterocycles. The second-order valence-corrected chi connectivity index (χ2v) is 5.31. The zero-order valence-electron chi connectivity index (χ0n) is 11.7. The lowest BCUT2D eigenvalue weighted by Gasteiger charge is -2.18. The lowest BCUT2D eigenvalue weighted by molar-refractivity contribution is 0.0662. The minimum atomic E-state index is -0.902. The van der Waals surface area contributed by atoms with Crippen molar-refractivity contribution in [3.63, 3.8) is 0 Å². The van der Waals surface area contributed by atoms with E-state index in [0.717, 1.165) is 0 Å². The van der Waals surface area contributed by atoms with Crippen LogP contribution in [-0.2, 0) is 4.74 Å². The number of aromatic nitrogens is 1. The van der Waals surface area contributed by atoms with Gasteiger partial charge in [-0.25, -0.2) is 9.78 Å². The van der Waals surface area contributed by atoms with Crippen LogP contribution in [0, 0.1) is 5.95 Å². The summed E-state index contributed by atoms with van der Waals surface area (Å²) in [4.78, 5) is 29.9. The van der Waals surface area contributed by atoms with E-state index in [1.165, 1.54) is 22.1 Å². The first kappa shape index (κ1) is 15.5. The summed E-state index contributed by atoms with van der Waals surface area (Å²) in [6.45, 7) is 0.581. The van der Waals surface area contributed by atoms with Gasteiger partial charge < -0.3 is 14.5 Å². The van der Waals surface area contributed by atoms with Crippen LogP contribution in [0.4, 0.5) is 9.18 Å². The highest BCUT2D eigenvalue weighted by atomic mass is 35.5. The van der Waals surface area contributed by atoms with Crippen molar-refractivity contribution in [3.8, 4) is 0 Å². The average Bonchev–Trinajstić information content (AvgIpc) is 2.86. The van der Waals surface area contributed by atoms with Crippen molar-refractivity contribution in [1.29, 1.82) is 0 Å². The van der Waals surface area contributed by atoms with Gasteiger partial charge in [0.2, 0.25) is 5.95 Å². The SMILES string of the molecule is CN(C)C(=O)OC1CCN(C(=O)c2c(Cl)ccnc2F)C1. The van der Waals surface area contributed by atoms with Gasteiger partial charge in [0.25, 0.3) is 5.91 Å². The Morgan fingerprint density at radius 2 is 2.24 bits per heavy atom. The maximum Gasteiger partial charge on any atom is 0.409 e. The molecule has 2 amide bonds. The Morgan fingerprint density at radius 1 is 1.52 bits per heavy atom. The molecule has 2 heterocycles. The van der Waals surface area contributed by atoms with Crippen LogP contribution >= 0.6 is 11.6 Å². The molecular formula is C13H15ClFN3O3. The van der Waals surface area contributed by atoms with Crippen LogP contribution in [0.25, 0.3) is 0 Å². The number of carbonyl (C=O) groups excluding carboxylic acids is 2. The summed E-state index contributed by atoms with van der Waals surface area (Å²) >= 11 is 5.85. The smallest absolute Gasteiger partial charge is 0.409 e. The second-order valence-electron chi connectivity index (χ2n) is 4.90. The largest absolute Gasteiger partial charge is 0.444 e. The van der Waals surface area contributed by atoms with Gasteiger partial charge in [0.05, 0.1) is 11.6 Å². The van der Waals surface area contributed by atoms with Crippen molar-refractivity contribution in [2.24, 2.45) is 0 Å². The molecule has 21 heavy (non-hydrogen) atoms. The Labute approximate surface area is 126 Å². The molecule has 1 aliphatic rings. The summed E-state index contributed by atoms with van der Waals surface area (Å²) in [5.74, 6) is -1.45. The zero-order valence-corrected chi connectivity index (χ0v) is 12.4. The highest BCUT2D eigenvalue weighted by Crippen LogP contribution is 2.22. The van der Waals surface area contributed by atoms with Gasteiger partial charge in [0.1, 0.15) is 11.7 Å². The van der Waals surface area contributed by atoms with Gasteiger partial charge >= 0.3 is 6.09 Å². The molecule has 1 atom stereocenters. The third-order valence-corrected chi connectivity index (χ3v) is 3.45. The molecule has 0 radical (unpaired) electrons. The summed E-state index contributed by atoms with van der Waals surface area (Å²) in [6, 6.07) is 1.36. The monoisotopic (exact) mass is 315 g/mol. The standard InChI is InChI=1S/C13H15ClFN3O3/c1-17(2)13(20)21-8-4-6-18(7-8)12(19)10-9(14)3-5-16-11(10)15/h3,5,8H,4,6-7H2,1-2H3. The van der Waals surface area contributed by atoms with E-state index in [4.69, 9.17) is 16.3 Å². The van der Waals surface area contributed by atoms with Crippen molar-refractivity contribution in [3.05, 3.63) is 28.8 Å². The van der Waals surface area contributed by atoms with Crippen LogP contribution in [0.15, 0.2) is 12.3 Å². The Bertz CT molecular complexity index is 547. The lowest BCUT2D eigenvalue weighted by Crippen LogP contribution is -2.33. The normalized spacial score (nSPS) is 17.7. The van der Waals surface area contributed by atoms with E-state index in [-0.39, 0.29) is 17.1 Å². The molecule has 1 fully saturated rings. The molecule has 1 aromatic heterocycles. The van der Waals surface area contributed by atoms with Crippen LogP contribution in [-0.4, -0.2) is 60.1 Å². The Morgan fingerprint density at radius 3 is 2.86 bits per heavy atom. The summed E-state index contributed by atoms with van der Waals surface area (Å²) in [5, 5.41) is 0.0150. The van der Waals surface area contributed by atoms with Gasteiger partial charge in [0, 0.05) is 33.3 Å². The molecule has 114 valence electrons. The Hall–Kier alpha value is -1.89. The van der Waals surface area contributed by atoms with Gasteiger partial charge in [-0.3, -0.25) is 4.79 Å². The molecule has 8 heteroatoms. The van der Waals surface area contributed by atoms with Crippen molar-refractivity contribution in [2.45, 2.75) is 12.5 Å². The van der Waals surface area contributed by atoms with Crippen molar-refractivity contribution in [1.82, 2.24) is 14.8 Å². The summed E-state index contributed by atoms with van der Waals surface area (Å²) in [7, 11) is 3.15. The first-order valence-corrected chi connectivity index (χ1v) is 6.75. The van der Waals surface area contributed by atoms with E-state index >= 15 is 0 Å². The number of ether oxygens (including phenoxy) is 1. The average molecular weight is 316 g/mol. The molecule has 0 N–H and O–H groups in total. The molecule has 0 spiro atoms. The number of halogens is 2. The first-order valence-electron chi connectivity index (χ1n) is 6.37. The zero-order chi connectivity index (χ0) is 15.6. The first-order chi connectivity index (χ1) is 9.90. The van der Waals surface area contributed by atoms with Crippen LogP contribution < -0.4 is 0 Å². The summed E-state index contributed by atoms with van der Waals surface area (Å²) < 4.78 is 18.8. The highest BCUT2D eigenvalue weighted by Gasteiger charge is 2.32. The highest BCUT2D eigenvalue weighted by molar-refractivity contribution is 6.33. The molecule has 6 nitrogen and oxygen atoms in total. The van der Waals surface area contributed by atoms with Crippen molar-refractivity contribution >= 4 is 23.6 Å². The number of rotatable bonds is 2. The number of hydrogen-bond acceptors (Lipinski definition) is 4. The quantitative estimate of drug-likeness (QED) is 0.781. The van der Waals surface area contributed by atoms with E-state index in [1.807, 2.05) is 0 Å². The van der Waals surface area contributed by atoms with Gasteiger partial charge in [-0.15, -0.1) is 0 Å². The van der Waals surface area contributed by atoms with E-state index in [9.17, 15) is 14.0 Å². The predicted octanol–water partition coefficient (Wildman–Crippen LogP) is 1.79. The number of hydrogen-bond donors (Lipinski definition) is 0. The van der Waals surface area contributed by atoms with E-state index in [1.54, 1.807) is 14.1 Å². The van der Waals surface area contributed by atoms with Crippen LogP contribution in [0.3, 0.4) is 0 Å². The minimum absolute atomic E-state index is 0.0150. The fourth-order valence-electron chi connectivity index (χ4n) is 2.02. The number of carbonyl (C=O) groups is 2. The molecule has 0 aliphatic carbocycles. The predicted molar refractivity (Wildman–Crippen MR) is 73.7 cm³/mol. The fourth-order valence-corrected chi connectivity index (χ4v) is 2.24. The molecule has 1 aromatic rings. The molecular weight excluding hydrogens is 301 g/mol. The third-order valence-electron chi connectivity index (χ3n) is 3.13. The number of nitrogens with zero attached hydrogens (tertiary/aromatic N) is 3. The van der Waals surface area contributed by atoms with Crippen molar-refractivity contribution in [2.75, 3.05) is 27.2 Å². The van der Waals surface area contributed by atoms with Gasteiger partial charge in [-0.05, 0) is 6.07 Å². The van der Waals surface area contributed by atoms with Crippen LogP contribution in [0.1, 0.15) is 16.8 Å². The van der Waals surface area contributed by atoms with Crippen LogP contribution in [0.2, 0.25) is 5.02 Å². The minimum Gasteiger partial charge on any atom is -0.444 e. The Kier molecular flexibility index (Phi) is 4.62. The van der Waals surface area contributed by atoms with Gasteiger partial charge in [-0.2, -0.15) is 4.39 Å². The summed E-state index contributed by atoms with van der Waals surface area (Å²) in [5.41, 5.74) is -0.251. The Balaban J connectivity index is 2.04. The summed E-state index contributed by atoms with van der Waals surface area (Å²) in [6.07, 6.45) is 0.826. The number of pyridine rings is 1. The van der Waals surface area contributed by atoms with E-state index in [0.29, 0.717) is 13.0 Å². The van der Waals surface area contributed by atoms with Crippen molar-refractivity contribution < 1.29 is 18.7 Å². The molecule has 0 bridgehead atoms. The van der Waals surface area contributed by atoms with E-state index in [2.05, 4.69) is 4.98 Å². The molecule has 0 saturated carbocycles. The lowest BCUT2D eigenvalue weighted by atomic mass is 10.2. The molecule has 0 aromatic carbocycles. The number of amides is 2. The van der Waals surface area contributed by atoms with Gasteiger partial charge in [0.15, 0.2) is 0 Å². The fraction of sp³-hybridized carbons (Fsp3) is 0.462. The van der Waals surface area contributed by atoms with E-state index < -0.39 is 24.1 Å². The number of likely N-dealkylation sites (tertiary alicyclic amines) is 1. The van der Waals surface area contributed by atoms with Crippen LogP contribution in [0.5, 0.6) is 0 Å². The molecule has 1 unspecified atom stereocenters. The second kappa shape index (κ2) is 6.26. The van der Waals surface area contributed by atoms with Gasteiger partial charge in [-0.1, -0.05) is 11.6 Å². The maximum atomic E-state index is 13.6. The third kappa shape index (κ3) is 3.41. The topological polar surface area (TPSA) is 62.7 Å². The molecule has 2 rings (SSSR count).